The zero-order chi connectivity index (χ0) is 8.72. The maximum atomic E-state index is 11.0. The highest BCUT2D eigenvalue weighted by atomic mass is 16.2. The van der Waals surface area contributed by atoms with E-state index < -0.39 is 11.0 Å². The molecule has 0 saturated carbocycles. The third kappa shape index (κ3) is 0.717. The second kappa shape index (κ2) is 2.07. The molecule has 0 aromatic heterocycles. The van der Waals surface area contributed by atoms with Crippen molar-refractivity contribution in [2.24, 2.45) is 0 Å². The van der Waals surface area contributed by atoms with Crippen LogP contribution >= 0.6 is 0 Å². The summed E-state index contributed by atoms with van der Waals surface area (Å²) in [5.74, 6) is 0. The van der Waals surface area contributed by atoms with Crippen molar-refractivity contribution in [3.63, 3.8) is 0 Å². The predicted octanol–water partition coefficient (Wildman–Crippen LogP) is -0.180. The summed E-state index contributed by atoms with van der Waals surface area (Å²) in [6.07, 6.45) is 1.51. The van der Waals surface area contributed by atoms with Gasteiger partial charge in [-0.3, -0.25) is 9.59 Å². The van der Waals surface area contributed by atoms with E-state index >= 15 is 0 Å². The molecule has 0 fully saturated rings. The Bertz CT molecular complexity index is 494. The molecule has 4 nitrogen and oxygen atoms in total. The molecule has 0 saturated heterocycles. The molecule has 2 heterocycles. The fourth-order valence-corrected chi connectivity index (χ4v) is 1.05. The van der Waals surface area contributed by atoms with E-state index in [2.05, 4.69) is 16.5 Å². The highest BCUT2D eigenvalue weighted by Gasteiger charge is 2.17. The first-order chi connectivity index (χ1) is 5.72. The van der Waals surface area contributed by atoms with Crippen LogP contribution in [0.15, 0.2) is 22.2 Å². The van der Waals surface area contributed by atoms with Gasteiger partial charge in [-0.05, 0) is 12.1 Å². The Labute approximate surface area is 67.2 Å². The minimum Gasteiger partial charge on any atom is -0.281 e. The number of nitrogens with zero attached hydrogens (tertiary/aromatic N) is 2. The van der Waals surface area contributed by atoms with Crippen molar-refractivity contribution in [3.05, 3.63) is 38.9 Å². The molecule has 2 aliphatic rings. The van der Waals surface area contributed by atoms with Crippen LogP contribution in [0.25, 0.3) is 17.5 Å². The molecule has 0 atom stereocenters. The molecule has 0 aromatic carbocycles. The van der Waals surface area contributed by atoms with Gasteiger partial charge in [0.05, 0.1) is 11.4 Å². The van der Waals surface area contributed by atoms with E-state index in [4.69, 9.17) is 0 Å². The van der Waals surface area contributed by atoms with Crippen LogP contribution in [0.3, 0.4) is 0 Å². The molecule has 0 N–H and O–H groups in total. The lowest BCUT2D eigenvalue weighted by atomic mass is 10.3. The summed E-state index contributed by atoms with van der Waals surface area (Å²) in [4.78, 5) is 29.1. The highest BCUT2D eigenvalue weighted by Crippen LogP contribution is 2.14. The third-order valence-electron chi connectivity index (χ3n) is 1.61. The third-order valence-corrected chi connectivity index (χ3v) is 1.61. The highest BCUT2D eigenvalue weighted by molar-refractivity contribution is 5.63. The predicted molar refractivity (Wildman–Crippen MR) is 43.7 cm³/mol. The maximum Gasteiger partial charge on any atom is 0.320 e. The lowest BCUT2D eigenvalue weighted by Crippen LogP contribution is -2.19. The van der Waals surface area contributed by atoms with E-state index in [9.17, 15) is 9.59 Å². The van der Waals surface area contributed by atoms with Crippen LogP contribution in [0.5, 0.6) is 0 Å². The van der Waals surface area contributed by atoms with Crippen molar-refractivity contribution in [3.8, 4) is 11.4 Å². The molecule has 0 bridgehead atoms. The van der Waals surface area contributed by atoms with E-state index in [0.29, 0.717) is 11.4 Å². The van der Waals surface area contributed by atoms with Crippen molar-refractivity contribution in [1.82, 2.24) is 9.97 Å². The van der Waals surface area contributed by atoms with Crippen molar-refractivity contribution in [2.45, 2.75) is 0 Å². The normalized spacial score (nSPS) is 10.7. The molecule has 0 amide bonds. The maximum absolute atomic E-state index is 11.0. The van der Waals surface area contributed by atoms with Gasteiger partial charge in [0.15, 0.2) is 0 Å². The van der Waals surface area contributed by atoms with Gasteiger partial charge < -0.3 is 0 Å². The Hall–Kier alpha value is -1.84. The van der Waals surface area contributed by atoms with Gasteiger partial charge >= 0.3 is 5.56 Å². The largest absolute Gasteiger partial charge is 0.320 e. The van der Waals surface area contributed by atoms with E-state index in [1.807, 2.05) is 0 Å². The van der Waals surface area contributed by atoms with Crippen LogP contribution in [-0.4, -0.2) is 9.97 Å². The molecule has 0 radical (unpaired) electrons. The summed E-state index contributed by atoms with van der Waals surface area (Å²) in [5.41, 5.74) is -0.277. The summed E-state index contributed by atoms with van der Waals surface area (Å²) >= 11 is 0. The minimum absolute atomic E-state index is 0.148. The van der Waals surface area contributed by atoms with Gasteiger partial charge in [0.25, 0.3) is 5.43 Å². The topological polar surface area (TPSA) is 59.9 Å². The number of fused-ring (bicyclic) bond motifs is 1. The van der Waals surface area contributed by atoms with Crippen LogP contribution in [-0.2, 0) is 0 Å². The molecule has 4 heteroatoms. The first-order valence-corrected chi connectivity index (χ1v) is 3.33. The zero-order valence-electron chi connectivity index (χ0n) is 6.07. The first kappa shape index (κ1) is 6.84. The second-order valence-corrected chi connectivity index (χ2v) is 2.37. The quantitative estimate of drug-likeness (QED) is 0.543. The molecule has 0 aliphatic carbocycles. The standard InChI is InChI=1S/C8H4N2O2/c1-2-4-3-5-6(9-4)7(11)8(12)10-5/h2-3H,1H2. The molecule has 2 rings (SSSR count). The number of hydrogen-bond donors (Lipinski definition) is 0. The summed E-state index contributed by atoms with van der Waals surface area (Å²) in [6.45, 7) is 3.49. The average molecular weight is 160 g/mol. The van der Waals surface area contributed by atoms with Crippen molar-refractivity contribution >= 4 is 6.08 Å². The van der Waals surface area contributed by atoms with Gasteiger partial charge in [-0.1, -0.05) is 6.58 Å². The van der Waals surface area contributed by atoms with Crippen LogP contribution < -0.4 is 11.0 Å². The molecule has 0 spiro atoms. The van der Waals surface area contributed by atoms with Crippen LogP contribution in [0.1, 0.15) is 5.69 Å². The molecule has 0 unspecified atom stereocenters. The van der Waals surface area contributed by atoms with E-state index in [1.54, 1.807) is 6.07 Å². The van der Waals surface area contributed by atoms with Crippen molar-refractivity contribution in [1.29, 1.82) is 0 Å². The second-order valence-electron chi connectivity index (χ2n) is 2.37. The molecule has 2 aliphatic heterocycles. The SMILES string of the molecule is C=Cc1cc2nc(=O)c(=O)c-2n1. The number of aromatic nitrogens is 2. The Morgan fingerprint density at radius 3 is 2.67 bits per heavy atom. The van der Waals surface area contributed by atoms with Gasteiger partial charge in [0.1, 0.15) is 5.69 Å². The fourth-order valence-electron chi connectivity index (χ4n) is 1.05. The lowest BCUT2D eigenvalue weighted by molar-refractivity contribution is 1.30. The average Bonchev–Trinajstić information content (AvgIpc) is 2.55. The fraction of sp³-hybridized carbons (Fsp3) is 0. The van der Waals surface area contributed by atoms with Crippen LogP contribution in [0.2, 0.25) is 0 Å². The summed E-state index contributed by atoms with van der Waals surface area (Å²) < 4.78 is 0. The molecule has 0 aromatic rings. The first-order valence-electron chi connectivity index (χ1n) is 3.33. The Balaban J connectivity index is 2.88. The van der Waals surface area contributed by atoms with Crippen LogP contribution in [0, 0.1) is 0 Å². The van der Waals surface area contributed by atoms with E-state index in [0.717, 1.165) is 0 Å². The monoisotopic (exact) mass is 160 g/mol. The van der Waals surface area contributed by atoms with E-state index in [-0.39, 0.29) is 5.69 Å². The van der Waals surface area contributed by atoms with Gasteiger partial charge in [-0.25, -0.2) is 9.97 Å². The van der Waals surface area contributed by atoms with Gasteiger partial charge in [-0.2, -0.15) is 0 Å². The summed E-state index contributed by atoms with van der Waals surface area (Å²) in [6, 6.07) is 1.56. The Morgan fingerprint density at radius 2 is 2.08 bits per heavy atom. The molecule has 58 valence electrons. The molecular weight excluding hydrogens is 156 g/mol. The van der Waals surface area contributed by atoms with Crippen LogP contribution in [0.4, 0.5) is 0 Å². The van der Waals surface area contributed by atoms with E-state index in [1.165, 1.54) is 6.08 Å². The van der Waals surface area contributed by atoms with Gasteiger partial charge in [-0.15, -0.1) is 0 Å². The smallest absolute Gasteiger partial charge is 0.281 e. The minimum atomic E-state index is -0.733. The summed E-state index contributed by atoms with van der Waals surface area (Å²) in [5, 5.41) is 0. The van der Waals surface area contributed by atoms with Crippen molar-refractivity contribution < 1.29 is 0 Å². The number of rotatable bonds is 1. The van der Waals surface area contributed by atoms with Gasteiger partial charge in [0.2, 0.25) is 0 Å². The zero-order valence-corrected chi connectivity index (χ0v) is 6.07. The Morgan fingerprint density at radius 1 is 1.33 bits per heavy atom. The Kier molecular flexibility index (Phi) is 1.18. The molecular formula is C8H4N2O2. The van der Waals surface area contributed by atoms with Gasteiger partial charge in [0, 0.05) is 0 Å². The summed E-state index contributed by atoms with van der Waals surface area (Å²) in [7, 11) is 0. The molecule has 12 heavy (non-hydrogen) atoms. The van der Waals surface area contributed by atoms with Crippen molar-refractivity contribution in [2.75, 3.05) is 0 Å². The number of hydrogen-bond acceptors (Lipinski definition) is 4. The lowest BCUT2D eigenvalue weighted by Gasteiger charge is -1.74.